The van der Waals surface area contributed by atoms with Gasteiger partial charge >= 0.3 is 5.97 Å². The van der Waals surface area contributed by atoms with Gasteiger partial charge in [0.1, 0.15) is 11.3 Å². The molecule has 2 rings (SSSR count). The second kappa shape index (κ2) is 6.48. The lowest BCUT2D eigenvalue weighted by Gasteiger charge is -2.10. The molecule has 6 nitrogen and oxygen atoms in total. The van der Waals surface area contributed by atoms with Gasteiger partial charge in [0.25, 0.3) is 10.0 Å². The normalized spacial score (nSPS) is 11.0. The third kappa shape index (κ3) is 3.56. The first-order chi connectivity index (χ1) is 10.4. The van der Waals surface area contributed by atoms with E-state index in [0.717, 1.165) is 0 Å². The maximum Gasteiger partial charge on any atom is 0.341 e. The molecule has 0 saturated heterocycles. The largest absolute Gasteiger partial charge is 0.507 e. The van der Waals surface area contributed by atoms with Gasteiger partial charge in [-0.05, 0) is 37.3 Å². The van der Waals surface area contributed by atoms with E-state index in [1.165, 1.54) is 30.3 Å². The Morgan fingerprint density at radius 3 is 2.50 bits per heavy atom. The molecule has 0 unspecified atom stereocenters. The van der Waals surface area contributed by atoms with Gasteiger partial charge in [-0.3, -0.25) is 4.72 Å². The number of carbonyl (C=O) groups is 1. The third-order valence-corrected chi connectivity index (χ3v) is 4.19. The van der Waals surface area contributed by atoms with Crippen molar-refractivity contribution in [2.24, 2.45) is 0 Å². The maximum atomic E-state index is 12.2. The van der Waals surface area contributed by atoms with E-state index in [9.17, 15) is 18.3 Å². The van der Waals surface area contributed by atoms with E-state index in [1.807, 2.05) is 0 Å². The average molecular weight is 321 g/mol. The third-order valence-electron chi connectivity index (χ3n) is 2.80. The van der Waals surface area contributed by atoms with Crippen molar-refractivity contribution >= 4 is 21.7 Å². The van der Waals surface area contributed by atoms with E-state index in [4.69, 9.17) is 4.74 Å². The van der Waals surface area contributed by atoms with Gasteiger partial charge < -0.3 is 9.84 Å². The van der Waals surface area contributed by atoms with Gasteiger partial charge in [-0.1, -0.05) is 18.2 Å². The lowest BCUT2D eigenvalue weighted by atomic mass is 10.2. The predicted molar refractivity (Wildman–Crippen MR) is 81.3 cm³/mol. The van der Waals surface area contributed by atoms with Crippen LogP contribution in [0, 0.1) is 0 Å². The van der Waals surface area contributed by atoms with Crippen LogP contribution in [-0.4, -0.2) is 26.1 Å². The van der Waals surface area contributed by atoms with Crippen LogP contribution in [0.1, 0.15) is 17.3 Å². The highest BCUT2D eigenvalue weighted by atomic mass is 32.2. The number of aromatic hydroxyl groups is 1. The molecular formula is C15H15NO5S. The predicted octanol–water partition coefficient (Wildman–Crippen LogP) is 2.37. The number of hydrogen-bond donors (Lipinski definition) is 2. The Labute approximate surface area is 128 Å². The van der Waals surface area contributed by atoms with Crippen LogP contribution < -0.4 is 4.72 Å². The van der Waals surface area contributed by atoms with Gasteiger partial charge in [0, 0.05) is 5.69 Å². The second-order valence-electron chi connectivity index (χ2n) is 4.37. The number of benzene rings is 2. The molecule has 0 aliphatic heterocycles. The van der Waals surface area contributed by atoms with Crippen molar-refractivity contribution in [3.63, 3.8) is 0 Å². The smallest absolute Gasteiger partial charge is 0.341 e. The molecule has 0 heterocycles. The Balaban J connectivity index is 2.31. The molecule has 0 amide bonds. The second-order valence-corrected chi connectivity index (χ2v) is 6.05. The Morgan fingerprint density at radius 2 is 1.86 bits per heavy atom. The quantitative estimate of drug-likeness (QED) is 0.651. The highest BCUT2D eigenvalue weighted by molar-refractivity contribution is 7.92. The number of carbonyl (C=O) groups excluding carboxylic acids is 1. The lowest BCUT2D eigenvalue weighted by molar-refractivity contribution is 0.0523. The minimum Gasteiger partial charge on any atom is -0.507 e. The molecule has 0 saturated carbocycles. The summed E-state index contributed by atoms with van der Waals surface area (Å²) in [4.78, 5) is 11.8. The molecule has 0 spiro atoms. The highest BCUT2D eigenvalue weighted by Crippen LogP contribution is 2.24. The molecule has 2 N–H and O–H groups in total. The fourth-order valence-corrected chi connectivity index (χ4v) is 2.86. The Bertz CT molecular complexity index is 772. The van der Waals surface area contributed by atoms with Gasteiger partial charge in [-0.2, -0.15) is 0 Å². The topological polar surface area (TPSA) is 92.7 Å². The van der Waals surface area contributed by atoms with Crippen LogP contribution in [0.4, 0.5) is 5.69 Å². The van der Waals surface area contributed by atoms with Gasteiger partial charge in [0.15, 0.2) is 0 Å². The van der Waals surface area contributed by atoms with Gasteiger partial charge in [0.05, 0.1) is 11.5 Å². The first-order valence-electron chi connectivity index (χ1n) is 6.52. The zero-order chi connectivity index (χ0) is 16.2. The Kier molecular flexibility index (Phi) is 4.67. The first kappa shape index (κ1) is 15.8. The zero-order valence-corrected chi connectivity index (χ0v) is 12.6. The van der Waals surface area contributed by atoms with Crippen molar-refractivity contribution in [2.75, 3.05) is 11.3 Å². The monoisotopic (exact) mass is 321 g/mol. The molecule has 0 aliphatic carbocycles. The number of nitrogens with one attached hydrogen (secondary N) is 1. The van der Waals surface area contributed by atoms with Crippen molar-refractivity contribution in [1.82, 2.24) is 0 Å². The molecular weight excluding hydrogens is 306 g/mol. The summed E-state index contributed by atoms with van der Waals surface area (Å²) in [6, 6.07) is 11.6. The van der Waals surface area contributed by atoms with Crippen LogP contribution in [0.15, 0.2) is 53.4 Å². The molecule has 2 aromatic carbocycles. The molecule has 2 aromatic rings. The summed E-state index contributed by atoms with van der Waals surface area (Å²) in [6.07, 6.45) is 0. The van der Waals surface area contributed by atoms with Crippen molar-refractivity contribution < 1.29 is 23.1 Å². The summed E-state index contributed by atoms with van der Waals surface area (Å²) in [5.41, 5.74) is 0.0554. The Hall–Kier alpha value is -2.54. The van der Waals surface area contributed by atoms with Crippen LogP contribution in [0.25, 0.3) is 0 Å². The van der Waals surface area contributed by atoms with E-state index in [0.29, 0.717) is 0 Å². The van der Waals surface area contributed by atoms with Gasteiger partial charge in [0.2, 0.25) is 0 Å². The Morgan fingerprint density at radius 1 is 1.18 bits per heavy atom. The number of phenols is 1. The average Bonchev–Trinajstić information content (AvgIpc) is 2.50. The minimum absolute atomic E-state index is 0.0979. The molecule has 116 valence electrons. The molecule has 0 fully saturated rings. The summed E-state index contributed by atoms with van der Waals surface area (Å²) >= 11 is 0. The fourth-order valence-electron chi connectivity index (χ4n) is 1.79. The number of rotatable bonds is 5. The summed E-state index contributed by atoms with van der Waals surface area (Å²) < 4.78 is 31.6. The molecule has 22 heavy (non-hydrogen) atoms. The molecule has 0 atom stereocenters. The summed E-state index contributed by atoms with van der Waals surface area (Å²) in [5, 5.41) is 9.67. The van der Waals surface area contributed by atoms with Crippen LogP contribution in [0.3, 0.4) is 0 Å². The lowest BCUT2D eigenvalue weighted by Crippen LogP contribution is -2.13. The summed E-state index contributed by atoms with van der Waals surface area (Å²) in [6.45, 7) is 1.79. The van der Waals surface area contributed by atoms with E-state index < -0.39 is 16.0 Å². The minimum atomic E-state index is -3.76. The van der Waals surface area contributed by atoms with Gasteiger partial charge in [-0.25, -0.2) is 13.2 Å². The van der Waals surface area contributed by atoms with E-state index in [-0.39, 0.29) is 28.5 Å². The molecule has 0 aromatic heterocycles. The van der Waals surface area contributed by atoms with E-state index >= 15 is 0 Å². The first-order valence-corrected chi connectivity index (χ1v) is 8.00. The summed E-state index contributed by atoms with van der Waals surface area (Å²) in [7, 11) is -3.76. The van der Waals surface area contributed by atoms with Gasteiger partial charge in [-0.15, -0.1) is 0 Å². The molecule has 0 bridgehead atoms. The highest BCUT2D eigenvalue weighted by Gasteiger charge is 2.17. The summed E-state index contributed by atoms with van der Waals surface area (Å²) in [5.74, 6) is -0.998. The van der Waals surface area contributed by atoms with E-state index in [2.05, 4.69) is 4.72 Å². The fraction of sp³-hybridized carbons (Fsp3) is 0.133. The van der Waals surface area contributed by atoms with Crippen LogP contribution in [0.2, 0.25) is 0 Å². The van der Waals surface area contributed by atoms with Crippen LogP contribution in [0.5, 0.6) is 5.75 Å². The zero-order valence-electron chi connectivity index (χ0n) is 11.8. The van der Waals surface area contributed by atoms with Crippen molar-refractivity contribution in [3.8, 4) is 5.75 Å². The molecule has 0 radical (unpaired) electrons. The number of sulfonamides is 1. The maximum absolute atomic E-state index is 12.2. The number of hydrogen-bond acceptors (Lipinski definition) is 5. The van der Waals surface area contributed by atoms with E-state index in [1.54, 1.807) is 25.1 Å². The molecule has 7 heteroatoms. The standard InChI is InChI=1S/C15H15NO5S/c1-2-21-15(18)13-10-11(8-9-14(13)17)16-22(19,20)12-6-4-3-5-7-12/h3-10,16-17H,2H2,1H3. The number of phenolic OH excluding ortho intramolecular Hbond substituents is 1. The SMILES string of the molecule is CCOC(=O)c1cc(NS(=O)(=O)c2ccccc2)ccc1O. The van der Waals surface area contributed by atoms with Crippen molar-refractivity contribution in [1.29, 1.82) is 0 Å². The van der Waals surface area contributed by atoms with Crippen LogP contribution in [-0.2, 0) is 14.8 Å². The number of esters is 1. The van der Waals surface area contributed by atoms with Crippen molar-refractivity contribution in [2.45, 2.75) is 11.8 Å². The molecule has 0 aliphatic rings. The van der Waals surface area contributed by atoms with Crippen LogP contribution >= 0.6 is 0 Å². The number of anilines is 1. The van der Waals surface area contributed by atoms with Crippen molar-refractivity contribution in [3.05, 3.63) is 54.1 Å². The number of ether oxygens (including phenoxy) is 1.